The molecule has 0 aliphatic rings. The van der Waals surface area contributed by atoms with E-state index in [4.69, 9.17) is 9.47 Å². The molecule has 0 aliphatic carbocycles. The largest absolute Gasteiger partial charge is 0.508 e. The lowest BCUT2D eigenvalue weighted by Crippen LogP contribution is -2.12. The Kier molecular flexibility index (Phi) is 5.02. The molecule has 0 aliphatic heterocycles. The SMILES string of the molecule is CCOC(=O)c1nnc(-c2cccc(F)c2)nc1Oc1cccc(O)c1. The monoisotopic (exact) mass is 355 g/mol. The number of phenolic OH excluding ortho intramolecular Hbond substituents is 1. The summed E-state index contributed by atoms with van der Waals surface area (Å²) in [6.45, 7) is 1.79. The van der Waals surface area contributed by atoms with E-state index in [9.17, 15) is 14.3 Å². The highest BCUT2D eigenvalue weighted by Gasteiger charge is 2.21. The molecule has 0 atom stereocenters. The van der Waals surface area contributed by atoms with E-state index in [-0.39, 0.29) is 35.5 Å². The third-order valence-electron chi connectivity index (χ3n) is 3.24. The van der Waals surface area contributed by atoms with Crippen molar-refractivity contribution in [3.05, 3.63) is 60.0 Å². The first-order chi connectivity index (χ1) is 12.6. The zero-order valence-corrected chi connectivity index (χ0v) is 13.7. The normalized spacial score (nSPS) is 10.4. The summed E-state index contributed by atoms with van der Waals surface area (Å²) in [5, 5.41) is 17.2. The number of aromatic hydroxyl groups is 1. The summed E-state index contributed by atoms with van der Waals surface area (Å²) in [6.07, 6.45) is 0. The summed E-state index contributed by atoms with van der Waals surface area (Å²) in [5.41, 5.74) is 0.143. The standard InChI is InChI=1S/C18H14FN3O4/c1-2-25-18(24)15-17(26-14-8-4-7-13(23)10-14)20-16(22-21-15)11-5-3-6-12(19)9-11/h3-10,23H,2H2,1H3. The number of ether oxygens (including phenoxy) is 2. The number of hydrogen-bond donors (Lipinski definition) is 1. The highest BCUT2D eigenvalue weighted by atomic mass is 19.1. The lowest BCUT2D eigenvalue weighted by atomic mass is 10.2. The van der Waals surface area contributed by atoms with E-state index in [2.05, 4.69) is 15.2 Å². The average Bonchev–Trinajstić information content (AvgIpc) is 2.62. The molecule has 3 rings (SSSR count). The van der Waals surface area contributed by atoms with Crippen molar-refractivity contribution < 1.29 is 23.8 Å². The van der Waals surface area contributed by atoms with Crippen LogP contribution in [0.2, 0.25) is 0 Å². The second-order valence-electron chi connectivity index (χ2n) is 5.12. The summed E-state index contributed by atoms with van der Waals surface area (Å²) in [6, 6.07) is 11.6. The maximum atomic E-state index is 13.4. The van der Waals surface area contributed by atoms with Crippen LogP contribution >= 0.6 is 0 Å². The van der Waals surface area contributed by atoms with Gasteiger partial charge in [0.25, 0.3) is 5.88 Å². The molecule has 1 N–H and O–H groups in total. The van der Waals surface area contributed by atoms with Crippen LogP contribution in [0.1, 0.15) is 17.4 Å². The van der Waals surface area contributed by atoms with E-state index in [1.54, 1.807) is 25.1 Å². The van der Waals surface area contributed by atoms with E-state index in [1.807, 2.05) is 0 Å². The first-order valence-electron chi connectivity index (χ1n) is 7.71. The van der Waals surface area contributed by atoms with Crippen LogP contribution in [0.4, 0.5) is 4.39 Å². The molecule has 0 radical (unpaired) electrons. The zero-order chi connectivity index (χ0) is 18.5. The van der Waals surface area contributed by atoms with E-state index >= 15 is 0 Å². The molecule has 7 nitrogen and oxygen atoms in total. The maximum Gasteiger partial charge on any atom is 0.364 e. The highest BCUT2D eigenvalue weighted by Crippen LogP contribution is 2.27. The Morgan fingerprint density at radius 3 is 2.69 bits per heavy atom. The number of phenols is 1. The first-order valence-corrected chi connectivity index (χ1v) is 7.71. The van der Waals surface area contributed by atoms with Gasteiger partial charge in [0.05, 0.1) is 6.61 Å². The van der Waals surface area contributed by atoms with Crippen LogP contribution in [0, 0.1) is 5.82 Å². The van der Waals surface area contributed by atoms with E-state index in [1.165, 1.54) is 30.3 Å². The number of carbonyl (C=O) groups is 1. The Morgan fingerprint density at radius 1 is 1.15 bits per heavy atom. The van der Waals surface area contributed by atoms with Crippen molar-refractivity contribution in [2.45, 2.75) is 6.92 Å². The Balaban J connectivity index is 2.04. The molecule has 132 valence electrons. The molecule has 0 bridgehead atoms. The van der Waals surface area contributed by atoms with Crippen LogP contribution in [0.15, 0.2) is 48.5 Å². The van der Waals surface area contributed by atoms with Crippen molar-refractivity contribution in [1.29, 1.82) is 0 Å². The summed E-state index contributed by atoms with van der Waals surface area (Å²) in [7, 11) is 0. The van der Waals surface area contributed by atoms with E-state index < -0.39 is 11.8 Å². The average molecular weight is 355 g/mol. The van der Waals surface area contributed by atoms with E-state index in [0.717, 1.165) is 0 Å². The Morgan fingerprint density at radius 2 is 1.96 bits per heavy atom. The first kappa shape index (κ1) is 17.3. The summed E-state index contributed by atoms with van der Waals surface area (Å²) >= 11 is 0. The topological polar surface area (TPSA) is 94.4 Å². The predicted molar refractivity (Wildman–Crippen MR) is 89.4 cm³/mol. The van der Waals surface area contributed by atoms with Crippen LogP contribution in [-0.4, -0.2) is 32.9 Å². The smallest absolute Gasteiger partial charge is 0.364 e. The van der Waals surface area contributed by atoms with Gasteiger partial charge in [-0.25, -0.2) is 9.18 Å². The highest BCUT2D eigenvalue weighted by molar-refractivity contribution is 5.89. The molecule has 0 unspecified atom stereocenters. The van der Waals surface area contributed by atoms with Gasteiger partial charge < -0.3 is 14.6 Å². The third kappa shape index (κ3) is 3.92. The number of nitrogens with zero attached hydrogens (tertiary/aromatic N) is 3. The van der Waals surface area contributed by atoms with Crippen molar-refractivity contribution >= 4 is 5.97 Å². The van der Waals surface area contributed by atoms with Gasteiger partial charge in [0, 0.05) is 11.6 Å². The number of aromatic nitrogens is 3. The molecular formula is C18H14FN3O4. The second-order valence-corrected chi connectivity index (χ2v) is 5.12. The van der Waals surface area contributed by atoms with Gasteiger partial charge >= 0.3 is 5.97 Å². The lowest BCUT2D eigenvalue weighted by molar-refractivity contribution is 0.0514. The lowest BCUT2D eigenvalue weighted by Gasteiger charge is -2.10. The van der Waals surface area contributed by atoms with Crippen LogP contribution < -0.4 is 4.74 Å². The minimum Gasteiger partial charge on any atom is -0.508 e. The number of benzene rings is 2. The molecule has 0 amide bonds. The molecule has 2 aromatic carbocycles. The summed E-state index contributed by atoms with van der Waals surface area (Å²) in [4.78, 5) is 16.2. The Bertz CT molecular complexity index is 949. The van der Waals surface area contributed by atoms with Gasteiger partial charge in [-0.15, -0.1) is 10.2 Å². The second kappa shape index (κ2) is 7.56. The Labute approximate surface area is 148 Å². The van der Waals surface area contributed by atoms with Crippen molar-refractivity contribution in [2.75, 3.05) is 6.61 Å². The number of hydrogen-bond acceptors (Lipinski definition) is 7. The molecule has 0 fully saturated rings. The fourth-order valence-electron chi connectivity index (χ4n) is 2.12. The van der Waals surface area contributed by atoms with Gasteiger partial charge in [0.2, 0.25) is 5.69 Å². The van der Waals surface area contributed by atoms with Crippen LogP contribution in [0.25, 0.3) is 11.4 Å². The predicted octanol–water partition coefficient (Wildman–Crippen LogP) is 3.35. The molecule has 0 spiro atoms. The van der Waals surface area contributed by atoms with Crippen molar-refractivity contribution in [2.24, 2.45) is 0 Å². The number of carbonyl (C=O) groups excluding carboxylic acids is 1. The molecule has 26 heavy (non-hydrogen) atoms. The third-order valence-corrected chi connectivity index (χ3v) is 3.24. The van der Waals surface area contributed by atoms with Crippen LogP contribution in [0.5, 0.6) is 17.4 Å². The minimum absolute atomic E-state index is 0.0208. The molecule has 0 saturated carbocycles. The van der Waals surface area contributed by atoms with Crippen molar-refractivity contribution in [3.63, 3.8) is 0 Å². The number of esters is 1. The van der Waals surface area contributed by atoms with Gasteiger partial charge in [0.1, 0.15) is 17.3 Å². The van der Waals surface area contributed by atoms with Gasteiger partial charge in [-0.3, -0.25) is 0 Å². The molecular weight excluding hydrogens is 341 g/mol. The van der Waals surface area contributed by atoms with Crippen LogP contribution in [-0.2, 0) is 4.74 Å². The quantitative estimate of drug-likeness (QED) is 0.701. The molecule has 1 aromatic heterocycles. The summed E-state index contributed by atoms with van der Waals surface area (Å²) < 4.78 is 23.9. The molecule has 1 heterocycles. The van der Waals surface area contributed by atoms with E-state index in [0.29, 0.717) is 5.56 Å². The molecule has 8 heteroatoms. The van der Waals surface area contributed by atoms with Gasteiger partial charge in [-0.05, 0) is 31.2 Å². The number of halogens is 1. The van der Waals surface area contributed by atoms with Crippen LogP contribution in [0.3, 0.4) is 0 Å². The maximum absolute atomic E-state index is 13.4. The minimum atomic E-state index is -0.756. The molecule has 3 aromatic rings. The molecule has 0 saturated heterocycles. The van der Waals surface area contributed by atoms with Gasteiger partial charge in [-0.2, -0.15) is 4.98 Å². The zero-order valence-electron chi connectivity index (χ0n) is 13.7. The van der Waals surface area contributed by atoms with Gasteiger partial charge in [-0.1, -0.05) is 18.2 Å². The Hall–Kier alpha value is -3.55. The van der Waals surface area contributed by atoms with Gasteiger partial charge in [0.15, 0.2) is 5.82 Å². The fraction of sp³-hybridized carbons (Fsp3) is 0.111. The number of rotatable bonds is 5. The van der Waals surface area contributed by atoms with Crippen molar-refractivity contribution in [3.8, 4) is 28.8 Å². The fourth-order valence-corrected chi connectivity index (χ4v) is 2.12. The summed E-state index contributed by atoms with van der Waals surface area (Å²) in [5.74, 6) is -1.09. The van der Waals surface area contributed by atoms with Crippen molar-refractivity contribution in [1.82, 2.24) is 15.2 Å².